The van der Waals surface area contributed by atoms with Gasteiger partial charge in [-0.05, 0) is 6.07 Å². The second-order valence-corrected chi connectivity index (χ2v) is 3.78. The minimum atomic E-state index is -0.432. The summed E-state index contributed by atoms with van der Waals surface area (Å²) in [5.74, 6) is 0. The molecule has 0 aliphatic carbocycles. The fourth-order valence-electron chi connectivity index (χ4n) is 1.99. The summed E-state index contributed by atoms with van der Waals surface area (Å²) in [6.45, 7) is 2.91. The van der Waals surface area contributed by atoms with Crippen LogP contribution in [0.3, 0.4) is 0 Å². The molecule has 0 unspecified atom stereocenters. The van der Waals surface area contributed by atoms with Gasteiger partial charge in [0.05, 0.1) is 10.5 Å². The molecule has 0 spiro atoms. The maximum atomic E-state index is 11.0. The molecular formula is C11H12N4O2. The van der Waals surface area contributed by atoms with Gasteiger partial charge in [-0.25, -0.2) is 0 Å². The molecule has 1 fully saturated rings. The zero-order valence-corrected chi connectivity index (χ0v) is 9.22. The SMILES string of the molecule is N#Cc1cccc([N+](=O)[O-])c1N1CCNCC1. The predicted octanol–water partition coefficient (Wildman–Crippen LogP) is 0.876. The van der Waals surface area contributed by atoms with Crippen LogP contribution in [0.5, 0.6) is 0 Å². The van der Waals surface area contributed by atoms with Crippen molar-refractivity contribution in [3.63, 3.8) is 0 Å². The van der Waals surface area contributed by atoms with Crippen LogP contribution in [0.15, 0.2) is 18.2 Å². The highest BCUT2D eigenvalue weighted by atomic mass is 16.6. The van der Waals surface area contributed by atoms with Gasteiger partial charge in [-0.2, -0.15) is 5.26 Å². The molecule has 0 bridgehead atoms. The van der Waals surface area contributed by atoms with Gasteiger partial charge in [-0.15, -0.1) is 0 Å². The fraction of sp³-hybridized carbons (Fsp3) is 0.364. The molecule has 0 aromatic heterocycles. The zero-order chi connectivity index (χ0) is 12.3. The third-order valence-electron chi connectivity index (χ3n) is 2.77. The Morgan fingerprint density at radius 3 is 2.71 bits per heavy atom. The highest BCUT2D eigenvalue weighted by Crippen LogP contribution is 2.31. The maximum Gasteiger partial charge on any atom is 0.293 e. The fourth-order valence-corrected chi connectivity index (χ4v) is 1.99. The third-order valence-corrected chi connectivity index (χ3v) is 2.77. The van der Waals surface area contributed by atoms with E-state index in [1.165, 1.54) is 6.07 Å². The Hall–Kier alpha value is -2.13. The number of benzene rings is 1. The smallest absolute Gasteiger partial charge is 0.293 e. The highest BCUT2D eigenvalue weighted by Gasteiger charge is 2.24. The Labute approximate surface area is 98.6 Å². The van der Waals surface area contributed by atoms with E-state index < -0.39 is 4.92 Å². The predicted molar refractivity (Wildman–Crippen MR) is 62.9 cm³/mol. The number of hydrogen-bond donors (Lipinski definition) is 1. The summed E-state index contributed by atoms with van der Waals surface area (Å²) in [6.07, 6.45) is 0. The third kappa shape index (κ3) is 2.19. The minimum Gasteiger partial charge on any atom is -0.362 e. The van der Waals surface area contributed by atoms with Gasteiger partial charge < -0.3 is 10.2 Å². The molecular weight excluding hydrogens is 220 g/mol. The molecule has 1 N–H and O–H groups in total. The molecule has 17 heavy (non-hydrogen) atoms. The molecule has 0 amide bonds. The van der Waals surface area contributed by atoms with Crippen molar-refractivity contribution in [2.75, 3.05) is 31.1 Å². The first kappa shape index (κ1) is 11.4. The van der Waals surface area contributed by atoms with Crippen molar-refractivity contribution in [1.29, 1.82) is 5.26 Å². The molecule has 2 rings (SSSR count). The van der Waals surface area contributed by atoms with E-state index in [0.717, 1.165) is 13.1 Å². The number of piperazine rings is 1. The Morgan fingerprint density at radius 1 is 1.41 bits per heavy atom. The molecule has 6 heteroatoms. The van der Waals surface area contributed by atoms with E-state index in [1.807, 2.05) is 11.0 Å². The van der Waals surface area contributed by atoms with Gasteiger partial charge in [0.1, 0.15) is 11.8 Å². The Kier molecular flexibility index (Phi) is 3.21. The molecule has 1 aromatic rings. The largest absolute Gasteiger partial charge is 0.362 e. The summed E-state index contributed by atoms with van der Waals surface area (Å²) in [4.78, 5) is 12.5. The summed E-state index contributed by atoms with van der Waals surface area (Å²) in [6, 6.07) is 6.62. The van der Waals surface area contributed by atoms with Crippen LogP contribution < -0.4 is 10.2 Å². The molecule has 0 atom stereocenters. The van der Waals surface area contributed by atoms with Gasteiger partial charge >= 0.3 is 0 Å². The van der Waals surface area contributed by atoms with Crippen LogP contribution in [0.2, 0.25) is 0 Å². The second kappa shape index (κ2) is 4.80. The minimum absolute atomic E-state index is 0.00551. The molecule has 1 aliphatic rings. The molecule has 88 valence electrons. The number of nitriles is 1. The van der Waals surface area contributed by atoms with Crippen LogP contribution in [0.1, 0.15) is 5.56 Å². The van der Waals surface area contributed by atoms with Gasteiger partial charge in [0, 0.05) is 32.2 Å². The van der Waals surface area contributed by atoms with E-state index in [0.29, 0.717) is 24.3 Å². The van der Waals surface area contributed by atoms with Crippen molar-refractivity contribution in [3.8, 4) is 6.07 Å². The van der Waals surface area contributed by atoms with Crippen LogP contribution in [0.25, 0.3) is 0 Å². The van der Waals surface area contributed by atoms with Gasteiger partial charge in [-0.3, -0.25) is 10.1 Å². The van der Waals surface area contributed by atoms with E-state index in [9.17, 15) is 10.1 Å². The number of nitrogens with zero attached hydrogens (tertiary/aromatic N) is 3. The van der Waals surface area contributed by atoms with Crippen molar-refractivity contribution in [2.45, 2.75) is 0 Å². The van der Waals surface area contributed by atoms with Crippen LogP contribution in [-0.4, -0.2) is 31.1 Å². The van der Waals surface area contributed by atoms with Crippen molar-refractivity contribution in [3.05, 3.63) is 33.9 Å². The van der Waals surface area contributed by atoms with Gasteiger partial charge in [-0.1, -0.05) is 6.07 Å². The number of anilines is 1. The zero-order valence-electron chi connectivity index (χ0n) is 9.22. The van der Waals surface area contributed by atoms with Crippen molar-refractivity contribution < 1.29 is 4.92 Å². The summed E-state index contributed by atoms with van der Waals surface area (Å²) < 4.78 is 0. The van der Waals surface area contributed by atoms with Crippen molar-refractivity contribution >= 4 is 11.4 Å². The summed E-state index contributed by atoms with van der Waals surface area (Å²) in [7, 11) is 0. The first-order valence-corrected chi connectivity index (χ1v) is 5.37. The van der Waals surface area contributed by atoms with Crippen LogP contribution in [0, 0.1) is 21.4 Å². The molecule has 1 saturated heterocycles. The Morgan fingerprint density at radius 2 is 2.12 bits per heavy atom. The van der Waals surface area contributed by atoms with E-state index in [4.69, 9.17) is 5.26 Å². The Bertz CT molecular complexity index is 475. The lowest BCUT2D eigenvalue weighted by molar-refractivity contribution is -0.384. The summed E-state index contributed by atoms with van der Waals surface area (Å²) in [5, 5.41) is 23.2. The molecule has 0 saturated carbocycles. The van der Waals surface area contributed by atoms with E-state index in [1.54, 1.807) is 12.1 Å². The Balaban J connectivity index is 2.48. The lowest BCUT2D eigenvalue weighted by atomic mass is 10.1. The summed E-state index contributed by atoms with van der Waals surface area (Å²) in [5.41, 5.74) is 0.813. The van der Waals surface area contributed by atoms with Crippen LogP contribution in [0.4, 0.5) is 11.4 Å². The molecule has 0 radical (unpaired) electrons. The average Bonchev–Trinajstić information content (AvgIpc) is 2.38. The number of nitrogens with one attached hydrogen (secondary N) is 1. The van der Waals surface area contributed by atoms with Gasteiger partial charge in [0.25, 0.3) is 5.69 Å². The lowest BCUT2D eigenvalue weighted by Crippen LogP contribution is -2.44. The number of rotatable bonds is 2. The van der Waals surface area contributed by atoms with Gasteiger partial charge in [0.2, 0.25) is 0 Å². The first-order valence-electron chi connectivity index (χ1n) is 5.37. The van der Waals surface area contributed by atoms with Crippen molar-refractivity contribution in [2.24, 2.45) is 0 Å². The molecule has 6 nitrogen and oxygen atoms in total. The molecule has 1 aliphatic heterocycles. The number of nitro groups is 1. The van der Waals surface area contributed by atoms with Crippen molar-refractivity contribution in [1.82, 2.24) is 5.32 Å². The number of para-hydroxylation sites is 1. The maximum absolute atomic E-state index is 11.0. The second-order valence-electron chi connectivity index (χ2n) is 3.78. The number of hydrogen-bond acceptors (Lipinski definition) is 5. The molecule has 1 heterocycles. The average molecular weight is 232 g/mol. The lowest BCUT2D eigenvalue weighted by Gasteiger charge is -2.29. The molecule has 1 aromatic carbocycles. The normalized spacial score (nSPS) is 15.4. The van der Waals surface area contributed by atoms with Crippen LogP contribution in [-0.2, 0) is 0 Å². The highest BCUT2D eigenvalue weighted by molar-refractivity contribution is 5.71. The quantitative estimate of drug-likeness (QED) is 0.604. The summed E-state index contributed by atoms with van der Waals surface area (Å²) >= 11 is 0. The first-order chi connectivity index (χ1) is 8.24. The topological polar surface area (TPSA) is 82.2 Å². The van der Waals surface area contributed by atoms with E-state index >= 15 is 0 Å². The van der Waals surface area contributed by atoms with E-state index in [2.05, 4.69) is 5.32 Å². The van der Waals surface area contributed by atoms with Gasteiger partial charge in [0.15, 0.2) is 0 Å². The standard InChI is InChI=1S/C11H12N4O2/c12-8-9-2-1-3-10(15(16)17)11(9)14-6-4-13-5-7-14/h1-3,13H,4-7H2. The van der Waals surface area contributed by atoms with E-state index in [-0.39, 0.29) is 5.69 Å². The van der Waals surface area contributed by atoms with Crippen LogP contribution >= 0.6 is 0 Å². The number of nitro benzene ring substituents is 1. The monoisotopic (exact) mass is 232 g/mol.